The topological polar surface area (TPSA) is 139 Å². The zero-order valence-electron chi connectivity index (χ0n) is 11.7. The van der Waals surface area contributed by atoms with Crippen LogP contribution in [0.4, 0.5) is 4.79 Å². The van der Waals surface area contributed by atoms with Crippen LogP contribution in [0.3, 0.4) is 0 Å². The molecular formula is C13H12N6O3S. The number of Topliss-reactive ketones (excluding diaryl/α,β-unsaturated/α-hetero) is 1. The van der Waals surface area contributed by atoms with E-state index >= 15 is 0 Å². The molecule has 1 atom stereocenters. The maximum absolute atomic E-state index is 12.2. The lowest BCUT2D eigenvalue weighted by atomic mass is 9.94. The molecule has 1 aliphatic rings. The summed E-state index contributed by atoms with van der Waals surface area (Å²) in [6.45, 7) is 0.0377. The lowest BCUT2D eigenvalue weighted by Gasteiger charge is -2.21. The Bertz CT molecular complexity index is 797. The van der Waals surface area contributed by atoms with E-state index in [9.17, 15) is 14.4 Å². The number of rotatable bonds is 2. The predicted octanol–water partition coefficient (Wildman–Crippen LogP) is -0.392. The van der Waals surface area contributed by atoms with Crippen LogP contribution >= 0.6 is 11.3 Å². The van der Waals surface area contributed by atoms with E-state index in [0.717, 1.165) is 10.2 Å². The number of carbonyl (C=O) groups is 3. The van der Waals surface area contributed by atoms with Gasteiger partial charge in [0, 0.05) is 0 Å². The molecule has 118 valence electrons. The van der Waals surface area contributed by atoms with Crippen molar-refractivity contribution in [2.45, 2.75) is 5.92 Å². The fourth-order valence-electron chi connectivity index (χ4n) is 2.17. The Morgan fingerprint density at radius 1 is 1.39 bits per heavy atom. The van der Waals surface area contributed by atoms with Crippen molar-refractivity contribution in [2.75, 3.05) is 6.54 Å². The van der Waals surface area contributed by atoms with Crippen molar-refractivity contribution in [3.8, 4) is 0 Å². The third-order valence-corrected chi connectivity index (χ3v) is 4.34. The number of urea groups is 1. The number of fused-ring (bicyclic) bond motifs is 1. The van der Waals surface area contributed by atoms with Gasteiger partial charge in [0.1, 0.15) is 10.9 Å². The maximum atomic E-state index is 12.2. The number of para-hydroxylation sites is 1. The van der Waals surface area contributed by atoms with Gasteiger partial charge in [-0.2, -0.15) is 5.10 Å². The molecular weight excluding hydrogens is 320 g/mol. The quantitative estimate of drug-likeness (QED) is 0.257. The van der Waals surface area contributed by atoms with Gasteiger partial charge < -0.3 is 5.32 Å². The van der Waals surface area contributed by atoms with Gasteiger partial charge in [-0.25, -0.2) is 21.0 Å². The third-order valence-electron chi connectivity index (χ3n) is 3.24. The first kappa shape index (κ1) is 15.1. The average Bonchev–Trinajstić information content (AvgIpc) is 2.98. The Labute approximate surface area is 133 Å². The number of nitrogens with zero attached hydrogens (tertiary/aromatic N) is 2. The Morgan fingerprint density at radius 2 is 2.17 bits per heavy atom. The van der Waals surface area contributed by atoms with Crippen molar-refractivity contribution in [3.63, 3.8) is 0 Å². The minimum atomic E-state index is -0.917. The number of hydrazone groups is 1. The average molecular weight is 332 g/mol. The van der Waals surface area contributed by atoms with Crippen LogP contribution in [0.2, 0.25) is 0 Å². The lowest BCUT2D eigenvalue weighted by Crippen LogP contribution is -2.49. The van der Waals surface area contributed by atoms with Gasteiger partial charge >= 0.3 is 6.03 Å². The Morgan fingerprint density at radius 3 is 2.91 bits per heavy atom. The molecule has 3 amide bonds. The van der Waals surface area contributed by atoms with Crippen molar-refractivity contribution in [1.82, 2.24) is 21.2 Å². The van der Waals surface area contributed by atoms with Crippen molar-refractivity contribution in [3.05, 3.63) is 29.3 Å². The highest BCUT2D eigenvalue weighted by atomic mass is 32.1. The third kappa shape index (κ3) is 2.89. The van der Waals surface area contributed by atoms with Gasteiger partial charge in [0.15, 0.2) is 0 Å². The molecule has 1 fully saturated rings. The highest BCUT2D eigenvalue weighted by molar-refractivity contribution is 7.19. The zero-order valence-corrected chi connectivity index (χ0v) is 12.5. The number of ketones is 1. The Kier molecular flexibility index (Phi) is 4.00. The molecule has 9 nitrogen and oxygen atoms in total. The number of carbonyl (C=O) groups excluding carboxylic acids is 3. The molecule has 3 rings (SSSR count). The fraction of sp³-hybridized carbons (Fsp3) is 0.154. The summed E-state index contributed by atoms with van der Waals surface area (Å²) in [4.78, 5) is 39.5. The fourth-order valence-corrected chi connectivity index (χ4v) is 3.26. The Hall–Kier alpha value is -2.85. The largest absolute Gasteiger partial charge is 0.349 e. The van der Waals surface area contributed by atoms with Crippen LogP contribution in [0, 0.1) is 0 Å². The summed E-state index contributed by atoms with van der Waals surface area (Å²) < 4.78 is 0.897. The van der Waals surface area contributed by atoms with E-state index in [0.29, 0.717) is 5.01 Å². The normalized spacial score (nSPS) is 19.7. The molecule has 0 saturated carbocycles. The first-order valence-electron chi connectivity index (χ1n) is 6.60. The molecule has 0 radical (unpaired) electrons. The molecule has 0 aliphatic carbocycles. The second kappa shape index (κ2) is 6.10. The molecule has 1 saturated heterocycles. The number of thiazole rings is 1. The second-order valence-corrected chi connectivity index (χ2v) is 5.75. The summed E-state index contributed by atoms with van der Waals surface area (Å²) in [6, 6.07) is 6.66. The second-order valence-electron chi connectivity index (χ2n) is 4.69. The van der Waals surface area contributed by atoms with Crippen molar-refractivity contribution in [2.24, 2.45) is 10.9 Å². The van der Waals surface area contributed by atoms with Crippen LogP contribution in [-0.2, 0) is 9.59 Å². The number of hydrazine groups is 1. The molecule has 10 heteroatoms. The van der Waals surface area contributed by atoms with Gasteiger partial charge in [0.2, 0.25) is 5.78 Å². The molecule has 1 aromatic carbocycles. The van der Waals surface area contributed by atoms with Crippen LogP contribution < -0.4 is 22.0 Å². The van der Waals surface area contributed by atoms with Gasteiger partial charge in [0.25, 0.3) is 5.91 Å². The highest BCUT2D eigenvalue weighted by Gasteiger charge is 2.38. The number of piperidine rings is 1. The number of nitrogens with one attached hydrogen (secondary N) is 3. The molecule has 2 heterocycles. The first-order valence-corrected chi connectivity index (χ1v) is 7.42. The SMILES string of the molecule is NNC(=O)N/N=C1\CNC(=O)C(=O)[C@@H]1c1nc2ccccc2s1. The summed E-state index contributed by atoms with van der Waals surface area (Å²) in [5.74, 6) is 2.68. The molecule has 0 unspecified atom stereocenters. The van der Waals surface area contributed by atoms with E-state index in [1.165, 1.54) is 11.3 Å². The van der Waals surface area contributed by atoms with E-state index < -0.39 is 23.6 Å². The molecule has 23 heavy (non-hydrogen) atoms. The van der Waals surface area contributed by atoms with E-state index in [1.807, 2.05) is 29.7 Å². The summed E-state index contributed by atoms with van der Waals surface area (Å²) >= 11 is 1.31. The van der Waals surface area contributed by atoms with E-state index in [1.54, 1.807) is 0 Å². The smallest absolute Gasteiger partial charge is 0.344 e. The number of aromatic nitrogens is 1. The van der Waals surface area contributed by atoms with Crippen LogP contribution in [-0.4, -0.2) is 35.0 Å². The number of hydrogen-bond acceptors (Lipinski definition) is 7. The minimum absolute atomic E-state index is 0.0377. The van der Waals surface area contributed by atoms with Crippen molar-refractivity contribution in [1.29, 1.82) is 0 Å². The monoisotopic (exact) mass is 332 g/mol. The summed E-state index contributed by atoms with van der Waals surface area (Å²) in [6.07, 6.45) is 0. The van der Waals surface area contributed by atoms with E-state index in [-0.39, 0.29) is 12.3 Å². The summed E-state index contributed by atoms with van der Waals surface area (Å²) in [7, 11) is 0. The zero-order chi connectivity index (χ0) is 16.4. The van der Waals surface area contributed by atoms with Crippen molar-refractivity contribution < 1.29 is 14.4 Å². The summed E-state index contributed by atoms with van der Waals surface area (Å²) in [5, 5.41) is 6.74. The first-order chi connectivity index (χ1) is 11.1. The standard InChI is InChI=1S/C13H12N6O3S/c14-17-13(22)19-18-7-5-15-11(21)10(20)9(7)12-16-6-3-1-2-4-8(6)23-12/h1-4,9H,5,14H2,(H,15,21)(H2,17,19,22)/b18-7+/t9-/m1/s1. The van der Waals surface area contributed by atoms with Gasteiger partial charge in [-0.1, -0.05) is 12.1 Å². The van der Waals surface area contributed by atoms with E-state index in [2.05, 4.69) is 20.8 Å². The predicted molar refractivity (Wildman–Crippen MR) is 83.7 cm³/mol. The van der Waals surface area contributed by atoms with Gasteiger partial charge in [0.05, 0.1) is 22.5 Å². The number of benzene rings is 1. The molecule has 1 aliphatic heterocycles. The molecule has 2 aromatic rings. The molecule has 1 aromatic heterocycles. The van der Waals surface area contributed by atoms with Crippen LogP contribution in [0.25, 0.3) is 10.2 Å². The van der Waals surface area contributed by atoms with Crippen LogP contribution in [0.1, 0.15) is 10.9 Å². The van der Waals surface area contributed by atoms with Crippen LogP contribution in [0.15, 0.2) is 29.4 Å². The maximum Gasteiger partial charge on any atom is 0.349 e. The number of hydrogen-bond donors (Lipinski definition) is 4. The number of nitrogens with two attached hydrogens (primary N) is 1. The van der Waals surface area contributed by atoms with Crippen molar-refractivity contribution >= 4 is 45.0 Å². The van der Waals surface area contributed by atoms with Gasteiger partial charge in [-0.3, -0.25) is 15.0 Å². The van der Waals surface area contributed by atoms with Gasteiger partial charge in [-0.05, 0) is 12.1 Å². The molecule has 0 bridgehead atoms. The lowest BCUT2D eigenvalue weighted by molar-refractivity contribution is -0.138. The van der Waals surface area contributed by atoms with Crippen LogP contribution in [0.5, 0.6) is 0 Å². The van der Waals surface area contributed by atoms with Gasteiger partial charge in [-0.15, -0.1) is 11.3 Å². The number of amides is 3. The molecule has 0 spiro atoms. The highest BCUT2D eigenvalue weighted by Crippen LogP contribution is 2.30. The van der Waals surface area contributed by atoms with E-state index in [4.69, 9.17) is 5.84 Å². The summed E-state index contributed by atoms with van der Waals surface area (Å²) in [5.41, 5.74) is 5.04. The molecule has 5 N–H and O–H groups in total. The Balaban J connectivity index is 2.00. The minimum Gasteiger partial charge on any atom is -0.344 e.